The predicted octanol–water partition coefficient (Wildman–Crippen LogP) is -0.654. The monoisotopic (exact) mass is 938 g/mol. The largest absolute Gasteiger partial charge is 0.480 e. The van der Waals surface area contributed by atoms with Gasteiger partial charge in [-0.05, 0) is 52.0 Å². The van der Waals surface area contributed by atoms with Gasteiger partial charge in [0.25, 0.3) is 5.91 Å². The van der Waals surface area contributed by atoms with E-state index < -0.39 is 120 Å². The van der Waals surface area contributed by atoms with Crippen LogP contribution in [0.5, 0.6) is 0 Å². The van der Waals surface area contributed by atoms with Gasteiger partial charge >= 0.3 is 11.9 Å². The summed E-state index contributed by atoms with van der Waals surface area (Å²) in [6.45, 7) is 11.4. The number of carboxylic acid groups (broad SMARTS) is 2. The van der Waals surface area contributed by atoms with Crippen LogP contribution >= 0.6 is 0 Å². The minimum atomic E-state index is -1.85. The molecule has 0 saturated carbocycles. The standard InChI is InChI=1S/C45H66N10O12/c1-24(21-25(2)35(67-8)22-30-13-10-9-11-14-30)16-17-31-26(3)38(58)53-33(43(63)64)18-19-37(57)55(7)29(6)41(61)50-28(5)40(60)52-32(15-12-20-48-45(46)47)42(62)54-34(44(65)66)23-36(56)49-27(4)39(59)51-31/h9-11,13-14,16-17,21,25-28,31-35H,6,12,15,18-20,22-23H2,1-5,7-8H3,(H,49,56)(H,50,61)(H,51,59)(H,52,60)(H,53,58)(H,54,62)(H,63,64)(H,65,66)(H4,46,47,48)/b17-16+,24-21+/t25-,26-,27-,28+,31-,32-,33+,34+,35-/m0/s1. The van der Waals surface area contributed by atoms with Gasteiger partial charge in [-0.25, -0.2) is 9.59 Å². The van der Waals surface area contributed by atoms with Crippen molar-refractivity contribution in [3.05, 3.63) is 72.0 Å². The molecule has 1 aromatic carbocycles. The lowest BCUT2D eigenvalue weighted by molar-refractivity contribution is -0.144. The number of carbonyl (C=O) groups excluding carboxylic acids is 7. The molecule has 1 fully saturated rings. The summed E-state index contributed by atoms with van der Waals surface area (Å²) in [5.74, 6) is -10.9. The van der Waals surface area contributed by atoms with Crippen molar-refractivity contribution in [1.82, 2.24) is 36.8 Å². The lowest BCUT2D eigenvalue weighted by atomic mass is 9.94. The van der Waals surface area contributed by atoms with E-state index >= 15 is 0 Å². The number of aliphatic carboxylic acids is 2. The van der Waals surface area contributed by atoms with Crippen molar-refractivity contribution in [2.45, 2.75) is 115 Å². The molecule has 0 aliphatic carbocycles. The minimum Gasteiger partial charge on any atom is -0.480 e. The van der Waals surface area contributed by atoms with E-state index in [0.717, 1.165) is 16.0 Å². The normalized spacial score (nSPS) is 24.9. The summed E-state index contributed by atoms with van der Waals surface area (Å²) in [7, 11) is 2.81. The quantitative estimate of drug-likeness (QED) is 0.0386. The molecule has 0 unspecified atom stereocenters. The molecule has 1 heterocycles. The van der Waals surface area contributed by atoms with E-state index in [2.05, 4.69) is 43.5 Å². The van der Waals surface area contributed by atoms with E-state index in [9.17, 15) is 53.4 Å². The molecule has 1 aliphatic heterocycles. The maximum atomic E-state index is 13.7. The lowest BCUT2D eigenvalue weighted by Crippen LogP contribution is -2.56. The van der Waals surface area contributed by atoms with Crippen molar-refractivity contribution in [3.8, 4) is 0 Å². The number of benzene rings is 1. The Morgan fingerprint density at radius 3 is 2.07 bits per heavy atom. The fourth-order valence-electron chi connectivity index (χ4n) is 6.69. The Morgan fingerprint density at radius 2 is 1.48 bits per heavy atom. The topological polar surface area (TPSA) is 343 Å². The average molecular weight is 939 g/mol. The first-order chi connectivity index (χ1) is 31.4. The van der Waals surface area contributed by atoms with Gasteiger partial charge in [-0.3, -0.25) is 38.6 Å². The number of likely N-dealkylation sites (N-methyl/N-ethyl adjacent to an activating group) is 1. The molecule has 67 heavy (non-hydrogen) atoms. The van der Waals surface area contributed by atoms with Crippen LogP contribution in [0.1, 0.15) is 72.3 Å². The van der Waals surface area contributed by atoms with Gasteiger partial charge in [0.05, 0.1) is 24.5 Å². The van der Waals surface area contributed by atoms with Crippen molar-refractivity contribution >= 4 is 59.2 Å². The van der Waals surface area contributed by atoms with E-state index in [1.54, 1.807) is 20.1 Å². The third kappa shape index (κ3) is 19.1. The highest BCUT2D eigenvalue weighted by atomic mass is 16.5. The number of guanidine groups is 1. The molecule has 0 aromatic heterocycles. The third-order valence-corrected chi connectivity index (χ3v) is 10.9. The van der Waals surface area contributed by atoms with Crippen LogP contribution in [-0.4, -0.2) is 137 Å². The number of carbonyl (C=O) groups is 9. The van der Waals surface area contributed by atoms with E-state index in [0.29, 0.717) is 6.42 Å². The van der Waals surface area contributed by atoms with Crippen molar-refractivity contribution in [1.29, 1.82) is 0 Å². The van der Waals surface area contributed by atoms with Crippen LogP contribution in [0.4, 0.5) is 0 Å². The first kappa shape index (κ1) is 56.0. The molecule has 0 spiro atoms. The predicted molar refractivity (Wildman–Crippen MR) is 246 cm³/mol. The molecule has 2 rings (SSSR count). The number of ether oxygens (including phenoxy) is 1. The maximum Gasteiger partial charge on any atom is 0.326 e. The van der Waals surface area contributed by atoms with E-state index in [-0.39, 0.29) is 37.4 Å². The van der Waals surface area contributed by atoms with Gasteiger partial charge in [0.15, 0.2) is 5.96 Å². The van der Waals surface area contributed by atoms with Gasteiger partial charge < -0.3 is 63.2 Å². The zero-order chi connectivity index (χ0) is 50.5. The number of rotatable bonds is 13. The number of nitrogens with one attached hydrogen (secondary N) is 6. The number of nitrogens with two attached hydrogens (primary N) is 2. The number of methoxy groups -OCH3 is 1. The van der Waals surface area contributed by atoms with Crippen LogP contribution in [0, 0.1) is 11.8 Å². The molecule has 1 saturated heterocycles. The first-order valence-electron chi connectivity index (χ1n) is 21.7. The smallest absolute Gasteiger partial charge is 0.326 e. The number of amides is 7. The zero-order valence-corrected chi connectivity index (χ0v) is 39.0. The van der Waals surface area contributed by atoms with E-state index in [4.69, 9.17) is 16.2 Å². The molecule has 0 radical (unpaired) electrons. The molecule has 22 heteroatoms. The second-order valence-corrected chi connectivity index (χ2v) is 16.4. The molecule has 9 atom stereocenters. The number of carboxylic acids is 2. The summed E-state index contributed by atoms with van der Waals surface area (Å²) in [6, 6.07) is 1.06. The van der Waals surface area contributed by atoms with Crippen molar-refractivity contribution in [2.24, 2.45) is 28.3 Å². The number of allylic oxidation sites excluding steroid dienone is 2. The van der Waals surface area contributed by atoms with Crippen LogP contribution < -0.4 is 43.4 Å². The highest BCUT2D eigenvalue weighted by Gasteiger charge is 2.33. The average Bonchev–Trinajstić information content (AvgIpc) is 3.27. The fraction of sp³-hybridized carbons (Fsp3) is 0.511. The fourth-order valence-corrected chi connectivity index (χ4v) is 6.69. The van der Waals surface area contributed by atoms with Crippen LogP contribution in [0.2, 0.25) is 0 Å². The summed E-state index contributed by atoms with van der Waals surface area (Å²) < 4.78 is 5.77. The zero-order valence-electron chi connectivity index (χ0n) is 39.0. The second kappa shape index (κ2) is 27.4. The Hall–Kier alpha value is -7.10. The van der Waals surface area contributed by atoms with Crippen LogP contribution in [-0.2, 0) is 54.3 Å². The Labute approximate surface area is 389 Å². The molecule has 7 amide bonds. The SMILES string of the molecule is C=C1C(=O)N[C@H](C)C(=O)N[C@@H](CCCN=C(N)N)C(=O)N[C@@H](C(=O)O)CC(=O)N[C@@H](C)C(=O)N[C@@H](/C=C/C(C)=C/[C@H](C)[C@H](Cc2ccccc2)OC)[C@H](C)C(=O)N[C@@H](C(=O)O)CCC(=O)N1C. The molecule has 368 valence electrons. The molecule has 22 nitrogen and oxygen atoms in total. The number of aliphatic imine (C=N–C) groups is 1. The second-order valence-electron chi connectivity index (χ2n) is 16.4. The van der Waals surface area contributed by atoms with Gasteiger partial charge in [0.1, 0.15) is 35.9 Å². The maximum absolute atomic E-state index is 13.7. The minimum absolute atomic E-state index is 0.0194. The Morgan fingerprint density at radius 1 is 0.881 bits per heavy atom. The summed E-state index contributed by atoms with van der Waals surface area (Å²) in [6.07, 6.45) is 3.77. The molecular weight excluding hydrogens is 873 g/mol. The van der Waals surface area contributed by atoms with Gasteiger partial charge in [0.2, 0.25) is 35.4 Å². The summed E-state index contributed by atoms with van der Waals surface area (Å²) in [5.41, 5.74) is 12.1. The molecule has 1 aliphatic rings. The first-order valence-corrected chi connectivity index (χ1v) is 21.7. The number of hydrogen-bond donors (Lipinski definition) is 10. The van der Waals surface area contributed by atoms with Gasteiger partial charge in [-0.15, -0.1) is 0 Å². The highest BCUT2D eigenvalue weighted by Crippen LogP contribution is 2.18. The van der Waals surface area contributed by atoms with Gasteiger partial charge in [-0.1, -0.05) is 74.6 Å². The van der Waals surface area contributed by atoms with E-state index in [1.165, 1.54) is 33.9 Å². The van der Waals surface area contributed by atoms with Crippen LogP contribution in [0.25, 0.3) is 0 Å². The molecule has 12 N–H and O–H groups in total. The summed E-state index contributed by atoms with van der Waals surface area (Å²) in [4.78, 5) is 123. The number of nitrogens with zero attached hydrogens (tertiary/aromatic N) is 2. The summed E-state index contributed by atoms with van der Waals surface area (Å²) in [5, 5.41) is 34.5. The number of hydrogen-bond acceptors (Lipinski definition) is 11. The van der Waals surface area contributed by atoms with Crippen molar-refractivity contribution in [3.63, 3.8) is 0 Å². The summed E-state index contributed by atoms with van der Waals surface area (Å²) >= 11 is 0. The van der Waals surface area contributed by atoms with Crippen molar-refractivity contribution < 1.29 is 58.1 Å². The Balaban J connectivity index is 2.54. The molecular formula is C45H66N10O12. The Kier molecular flexibility index (Phi) is 22.9. The highest BCUT2D eigenvalue weighted by molar-refractivity contribution is 6.00. The van der Waals surface area contributed by atoms with Crippen molar-refractivity contribution in [2.75, 3.05) is 20.7 Å². The third-order valence-electron chi connectivity index (χ3n) is 10.9. The molecule has 1 aromatic rings. The van der Waals surface area contributed by atoms with Crippen LogP contribution in [0.15, 0.2) is 71.4 Å². The van der Waals surface area contributed by atoms with Gasteiger partial charge in [-0.2, -0.15) is 0 Å². The Bertz CT molecular complexity index is 2060. The van der Waals surface area contributed by atoms with E-state index in [1.807, 2.05) is 43.3 Å². The van der Waals surface area contributed by atoms with Gasteiger partial charge in [0, 0.05) is 33.0 Å². The molecule has 0 bridgehead atoms. The van der Waals surface area contributed by atoms with Crippen LogP contribution in [0.3, 0.4) is 0 Å². The lowest BCUT2D eigenvalue weighted by Gasteiger charge is -2.26.